The van der Waals surface area contributed by atoms with Gasteiger partial charge in [-0.05, 0) is 50.5 Å². The van der Waals surface area contributed by atoms with Gasteiger partial charge in [0, 0.05) is 36.1 Å². The summed E-state index contributed by atoms with van der Waals surface area (Å²) in [7, 11) is 0. The van der Waals surface area contributed by atoms with Gasteiger partial charge in [-0.15, -0.1) is 0 Å². The summed E-state index contributed by atoms with van der Waals surface area (Å²) in [5.74, 6) is 2.20. The monoisotopic (exact) mass is 381 g/mol. The van der Waals surface area contributed by atoms with Crippen LogP contribution in [-0.2, 0) is 4.79 Å². The molecule has 0 atom stereocenters. The van der Waals surface area contributed by atoms with Gasteiger partial charge >= 0.3 is 0 Å². The number of hydrogen-bond acceptors (Lipinski definition) is 5. The lowest BCUT2D eigenvalue weighted by molar-refractivity contribution is -0.116. The van der Waals surface area contributed by atoms with Gasteiger partial charge < -0.3 is 16.0 Å². The molecule has 2 aromatic rings. The summed E-state index contributed by atoms with van der Waals surface area (Å²) < 4.78 is 0. The van der Waals surface area contributed by atoms with Crippen molar-refractivity contribution in [3.05, 3.63) is 36.0 Å². The molecule has 0 unspecified atom stereocenters. The van der Waals surface area contributed by atoms with Crippen LogP contribution in [-0.4, -0.2) is 22.4 Å². The van der Waals surface area contributed by atoms with Gasteiger partial charge in [-0.1, -0.05) is 32.1 Å². The second kappa shape index (κ2) is 10.1. The van der Waals surface area contributed by atoms with Crippen molar-refractivity contribution in [2.24, 2.45) is 5.92 Å². The molecule has 1 aromatic heterocycles. The Kier molecular flexibility index (Phi) is 7.23. The summed E-state index contributed by atoms with van der Waals surface area (Å²) in [6.07, 6.45) is 8.18. The maximum atomic E-state index is 12.2. The van der Waals surface area contributed by atoms with Crippen LogP contribution in [0.3, 0.4) is 0 Å². The number of rotatable bonds is 8. The largest absolute Gasteiger partial charge is 0.354 e. The zero-order chi connectivity index (χ0) is 19.8. The van der Waals surface area contributed by atoms with Crippen LogP contribution >= 0.6 is 0 Å². The van der Waals surface area contributed by atoms with E-state index in [1.54, 1.807) is 0 Å². The number of amides is 1. The molecule has 1 aliphatic rings. The fourth-order valence-electron chi connectivity index (χ4n) is 3.69. The Balaban J connectivity index is 1.51. The van der Waals surface area contributed by atoms with Gasteiger partial charge in [0.15, 0.2) is 0 Å². The van der Waals surface area contributed by atoms with Crippen LogP contribution in [0, 0.1) is 12.8 Å². The average Bonchev–Trinajstić information content (AvgIpc) is 2.69. The maximum Gasteiger partial charge on any atom is 0.224 e. The molecule has 3 rings (SSSR count). The fraction of sp³-hybridized carbons (Fsp3) is 0.500. The van der Waals surface area contributed by atoms with Gasteiger partial charge in [-0.3, -0.25) is 4.79 Å². The first-order valence-electron chi connectivity index (χ1n) is 10.4. The topological polar surface area (TPSA) is 78.9 Å². The van der Waals surface area contributed by atoms with Gasteiger partial charge in [0.25, 0.3) is 0 Å². The van der Waals surface area contributed by atoms with E-state index >= 15 is 0 Å². The summed E-state index contributed by atoms with van der Waals surface area (Å²) >= 11 is 0. The summed E-state index contributed by atoms with van der Waals surface area (Å²) in [5.41, 5.74) is 2.64. The highest BCUT2D eigenvalue weighted by molar-refractivity contribution is 5.90. The smallest absolute Gasteiger partial charge is 0.224 e. The van der Waals surface area contributed by atoms with E-state index in [-0.39, 0.29) is 5.91 Å². The Morgan fingerprint density at radius 1 is 1.07 bits per heavy atom. The van der Waals surface area contributed by atoms with E-state index in [1.807, 2.05) is 44.2 Å². The molecule has 1 fully saturated rings. The molecule has 28 heavy (non-hydrogen) atoms. The summed E-state index contributed by atoms with van der Waals surface area (Å²) in [6, 6.07) is 9.63. The van der Waals surface area contributed by atoms with Crippen LogP contribution in [0.5, 0.6) is 0 Å². The van der Waals surface area contributed by atoms with Crippen molar-refractivity contribution in [3.8, 4) is 0 Å². The molecular weight excluding hydrogens is 350 g/mol. The molecule has 0 bridgehead atoms. The van der Waals surface area contributed by atoms with Crippen molar-refractivity contribution in [2.45, 2.75) is 58.8 Å². The zero-order valence-electron chi connectivity index (χ0n) is 16.9. The standard InChI is InChI=1S/C22H31N5O/c1-3-23-22-24-16(2)15-20(27-22)25-18-10-12-19(13-11-18)26-21(28)14-9-17-7-5-4-6-8-17/h10-13,15,17H,3-9,14H2,1-2H3,(H,26,28)(H2,23,24,25,27). The van der Waals surface area contributed by atoms with Gasteiger partial charge in [0.1, 0.15) is 5.82 Å². The van der Waals surface area contributed by atoms with Crippen molar-refractivity contribution in [3.63, 3.8) is 0 Å². The number of aromatic nitrogens is 2. The lowest BCUT2D eigenvalue weighted by atomic mass is 9.86. The van der Waals surface area contributed by atoms with Crippen LogP contribution in [0.15, 0.2) is 30.3 Å². The van der Waals surface area contributed by atoms with E-state index in [4.69, 9.17) is 0 Å². The molecule has 6 heteroatoms. The molecule has 0 saturated heterocycles. The SMILES string of the molecule is CCNc1nc(C)cc(Nc2ccc(NC(=O)CCC3CCCCC3)cc2)n1. The van der Waals surface area contributed by atoms with Crippen LogP contribution in [0.4, 0.5) is 23.1 Å². The molecule has 1 saturated carbocycles. The van der Waals surface area contributed by atoms with Gasteiger partial charge in [0.2, 0.25) is 11.9 Å². The van der Waals surface area contributed by atoms with Crippen molar-refractivity contribution in [1.29, 1.82) is 0 Å². The van der Waals surface area contributed by atoms with Gasteiger partial charge in [-0.25, -0.2) is 4.98 Å². The molecule has 0 aliphatic heterocycles. The highest BCUT2D eigenvalue weighted by Crippen LogP contribution is 2.27. The minimum atomic E-state index is 0.105. The first kappa shape index (κ1) is 20.1. The van der Waals surface area contributed by atoms with Gasteiger partial charge in [0.05, 0.1) is 0 Å². The highest BCUT2D eigenvalue weighted by Gasteiger charge is 2.14. The minimum Gasteiger partial charge on any atom is -0.354 e. The van der Waals surface area contributed by atoms with E-state index < -0.39 is 0 Å². The lowest BCUT2D eigenvalue weighted by Crippen LogP contribution is -2.14. The fourth-order valence-corrected chi connectivity index (χ4v) is 3.69. The summed E-state index contributed by atoms with van der Waals surface area (Å²) in [6.45, 7) is 4.73. The van der Waals surface area contributed by atoms with Crippen molar-refractivity contribution in [1.82, 2.24) is 9.97 Å². The third-order valence-electron chi connectivity index (χ3n) is 5.13. The number of hydrogen-bond donors (Lipinski definition) is 3. The Morgan fingerprint density at radius 2 is 1.79 bits per heavy atom. The molecule has 0 radical (unpaired) electrons. The molecule has 150 valence electrons. The van der Waals surface area contributed by atoms with E-state index in [0.717, 1.165) is 41.8 Å². The Morgan fingerprint density at radius 3 is 2.50 bits per heavy atom. The van der Waals surface area contributed by atoms with E-state index in [1.165, 1.54) is 32.1 Å². The molecule has 1 amide bonds. The average molecular weight is 382 g/mol. The third-order valence-corrected chi connectivity index (χ3v) is 5.13. The normalized spacial score (nSPS) is 14.5. The number of anilines is 4. The maximum absolute atomic E-state index is 12.2. The molecule has 1 heterocycles. The third kappa shape index (κ3) is 6.22. The lowest BCUT2D eigenvalue weighted by Gasteiger charge is -2.21. The summed E-state index contributed by atoms with van der Waals surface area (Å²) in [4.78, 5) is 21.0. The number of nitrogens with one attached hydrogen (secondary N) is 3. The van der Waals surface area contributed by atoms with Crippen LogP contribution in [0.25, 0.3) is 0 Å². The Hall–Kier alpha value is -2.63. The Labute approximate surface area is 167 Å². The highest BCUT2D eigenvalue weighted by atomic mass is 16.1. The molecule has 6 nitrogen and oxygen atoms in total. The second-order valence-corrected chi connectivity index (χ2v) is 7.54. The van der Waals surface area contributed by atoms with Gasteiger partial charge in [-0.2, -0.15) is 4.98 Å². The zero-order valence-corrected chi connectivity index (χ0v) is 16.9. The molecule has 1 aromatic carbocycles. The second-order valence-electron chi connectivity index (χ2n) is 7.54. The molecule has 0 spiro atoms. The number of carbonyl (C=O) groups is 1. The van der Waals surface area contributed by atoms with Crippen LogP contribution in [0.1, 0.15) is 57.6 Å². The quantitative estimate of drug-likeness (QED) is 0.581. The van der Waals surface area contributed by atoms with Crippen LogP contribution < -0.4 is 16.0 Å². The van der Waals surface area contributed by atoms with E-state index in [0.29, 0.717) is 12.4 Å². The molecule has 3 N–H and O–H groups in total. The predicted molar refractivity (Wildman–Crippen MR) is 115 cm³/mol. The first-order valence-corrected chi connectivity index (χ1v) is 10.4. The van der Waals surface area contributed by atoms with Crippen molar-refractivity contribution in [2.75, 3.05) is 22.5 Å². The van der Waals surface area contributed by atoms with E-state index in [2.05, 4.69) is 25.9 Å². The van der Waals surface area contributed by atoms with Crippen molar-refractivity contribution < 1.29 is 4.79 Å². The Bertz CT molecular complexity index is 769. The minimum absolute atomic E-state index is 0.105. The molecule has 1 aliphatic carbocycles. The van der Waals surface area contributed by atoms with Crippen LogP contribution in [0.2, 0.25) is 0 Å². The van der Waals surface area contributed by atoms with E-state index in [9.17, 15) is 4.79 Å². The summed E-state index contributed by atoms with van der Waals surface area (Å²) in [5, 5.41) is 9.42. The number of benzene rings is 1. The number of carbonyl (C=O) groups excluding carboxylic acids is 1. The van der Waals surface area contributed by atoms with Crippen molar-refractivity contribution >= 4 is 29.0 Å². The first-order chi connectivity index (χ1) is 13.6. The number of aryl methyl sites for hydroxylation is 1. The molecular formula is C22H31N5O. The number of nitrogens with zero attached hydrogens (tertiary/aromatic N) is 2. The predicted octanol–water partition coefficient (Wildman–Crippen LogP) is 5.26.